The Hall–Kier alpha value is -0.430. The lowest BCUT2D eigenvalue weighted by Crippen LogP contribution is -2.46. The maximum Gasteiger partial charge on any atom is 0.217 e. The van der Waals surface area contributed by atoms with Crippen LogP contribution in [0.2, 0.25) is 0 Å². The Morgan fingerprint density at radius 2 is 1.81 bits per heavy atom. The number of allylic oxidation sites excluding steroid dienone is 1. The van der Waals surface area contributed by atoms with Crippen LogP contribution < -0.4 is 0 Å². The number of hydrogen-bond acceptors (Lipinski definition) is 4. The van der Waals surface area contributed by atoms with Crippen molar-refractivity contribution in [1.29, 1.82) is 0 Å². The molecule has 0 aromatic rings. The first-order valence-electron chi connectivity index (χ1n) is 8.04. The standard InChI is InChI=1S/C15H28N2O3S/c1-2-3-6-14(18)13-16-11-7-15(8-12-16)21(19,20)17-9-4-5-10-17/h2,14-15,18H,1,3-13H2/t14-/m0/s1. The minimum atomic E-state index is -3.10. The SMILES string of the molecule is C=CCC[C@H](O)CN1CCC(S(=O)(=O)N2CCCC2)CC1. The number of piperidine rings is 1. The second-order valence-corrected chi connectivity index (χ2v) is 8.38. The number of hydrogen-bond donors (Lipinski definition) is 1. The average Bonchev–Trinajstić information content (AvgIpc) is 3.00. The zero-order valence-electron chi connectivity index (χ0n) is 12.8. The smallest absolute Gasteiger partial charge is 0.217 e. The van der Waals surface area contributed by atoms with Crippen LogP contribution in [0, 0.1) is 0 Å². The minimum Gasteiger partial charge on any atom is -0.392 e. The number of sulfonamides is 1. The summed E-state index contributed by atoms with van der Waals surface area (Å²) in [5.41, 5.74) is 0. The summed E-state index contributed by atoms with van der Waals surface area (Å²) in [5.74, 6) is 0. The molecule has 1 N–H and O–H groups in total. The largest absolute Gasteiger partial charge is 0.392 e. The zero-order chi connectivity index (χ0) is 15.3. The van der Waals surface area contributed by atoms with Gasteiger partial charge in [-0.2, -0.15) is 0 Å². The molecule has 0 bridgehead atoms. The van der Waals surface area contributed by atoms with Crippen molar-refractivity contribution in [3.63, 3.8) is 0 Å². The number of β-amino-alcohol motifs (C(OH)–C–C–N with tert-alkyl or cyclic N) is 1. The van der Waals surface area contributed by atoms with Crippen LogP contribution in [-0.4, -0.2) is 66.8 Å². The molecule has 2 heterocycles. The van der Waals surface area contributed by atoms with Crippen molar-refractivity contribution in [1.82, 2.24) is 9.21 Å². The molecule has 0 radical (unpaired) electrons. The van der Waals surface area contributed by atoms with Gasteiger partial charge in [0.2, 0.25) is 10.0 Å². The minimum absolute atomic E-state index is 0.225. The number of likely N-dealkylation sites (tertiary alicyclic amines) is 1. The highest BCUT2D eigenvalue weighted by Gasteiger charge is 2.35. The second kappa shape index (κ2) is 7.72. The third-order valence-electron chi connectivity index (χ3n) is 4.55. The van der Waals surface area contributed by atoms with Gasteiger partial charge in [-0.05, 0) is 51.6 Å². The molecule has 0 aromatic carbocycles. The van der Waals surface area contributed by atoms with E-state index in [0.717, 1.165) is 38.8 Å². The molecule has 0 saturated carbocycles. The van der Waals surface area contributed by atoms with Crippen LogP contribution in [0.5, 0.6) is 0 Å². The Morgan fingerprint density at radius 3 is 2.38 bits per heavy atom. The van der Waals surface area contributed by atoms with E-state index in [2.05, 4.69) is 11.5 Å². The monoisotopic (exact) mass is 316 g/mol. The summed E-state index contributed by atoms with van der Waals surface area (Å²) >= 11 is 0. The molecule has 0 aromatic heterocycles. The van der Waals surface area contributed by atoms with Gasteiger partial charge in [-0.15, -0.1) is 6.58 Å². The normalized spacial score (nSPS) is 24.2. The predicted octanol–water partition coefficient (Wildman–Crippen LogP) is 1.20. The van der Waals surface area contributed by atoms with Crippen molar-refractivity contribution in [2.75, 3.05) is 32.7 Å². The summed E-state index contributed by atoms with van der Waals surface area (Å²) in [4.78, 5) is 2.18. The van der Waals surface area contributed by atoms with Gasteiger partial charge in [-0.1, -0.05) is 6.08 Å². The fraction of sp³-hybridized carbons (Fsp3) is 0.867. The van der Waals surface area contributed by atoms with Crippen LogP contribution in [0.15, 0.2) is 12.7 Å². The van der Waals surface area contributed by atoms with Gasteiger partial charge in [-0.25, -0.2) is 12.7 Å². The zero-order valence-corrected chi connectivity index (χ0v) is 13.6. The molecule has 2 aliphatic rings. The van der Waals surface area contributed by atoms with Gasteiger partial charge < -0.3 is 10.0 Å². The van der Waals surface area contributed by atoms with E-state index in [1.54, 1.807) is 4.31 Å². The molecular weight excluding hydrogens is 288 g/mol. The van der Waals surface area contributed by atoms with E-state index >= 15 is 0 Å². The van der Waals surface area contributed by atoms with Crippen LogP contribution in [0.1, 0.15) is 38.5 Å². The topological polar surface area (TPSA) is 60.9 Å². The highest BCUT2D eigenvalue weighted by molar-refractivity contribution is 7.89. The van der Waals surface area contributed by atoms with E-state index < -0.39 is 10.0 Å². The van der Waals surface area contributed by atoms with Gasteiger partial charge in [0.15, 0.2) is 0 Å². The van der Waals surface area contributed by atoms with Crippen molar-refractivity contribution in [3.8, 4) is 0 Å². The number of aliphatic hydroxyl groups excluding tert-OH is 1. The first kappa shape index (κ1) is 16.9. The average molecular weight is 316 g/mol. The maximum atomic E-state index is 12.5. The van der Waals surface area contributed by atoms with Crippen LogP contribution >= 0.6 is 0 Å². The van der Waals surface area contributed by atoms with Gasteiger partial charge in [0.1, 0.15) is 0 Å². The summed E-state index contributed by atoms with van der Waals surface area (Å²) in [6.45, 7) is 7.23. The molecule has 0 spiro atoms. The molecule has 1 atom stereocenters. The lowest BCUT2D eigenvalue weighted by Gasteiger charge is -2.34. The van der Waals surface area contributed by atoms with E-state index in [-0.39, 0.29) is 11.4 Å². The van der Waals surface area contributed by atoms with Crippen LogP contribution in [-0.2, 0) is 10.0 Å². The first-order chi connectivity index (χ1) is 10.0. The summed E-state index contributed by atoms with van der Waals surface area (Å²) in [6, 6.07) is 0. The highest BCUT2D eigenvalue weighted by atomic mass is 32.2. The number of aliphatic hydroxyl groups is 1. The second-order valence-electron chi connectivity index (χ2n) is 6.17. The molecule has 5 nitrogen and oxygen atoms in total. The van der Waals surface area contributed by atoms with Crippen molar-refractivity contribution in [2.45, 2.75) is 49.9 Å². The van der Waals surface area contributed by atoms with Gasteiger partial charge in [0.25, 0.3) is 0 Å². The van der Waals surface area contributed by atoms with Gasteiger partial charge in [-0.3, -0.25) is 0 Å². The molecule has 21 heavy (non-hydrogen) atoms. The molecule has 0 unspecified atom stereocenters. The fourth-order valence-electron chi connectivity index (χ4n) is 3.24. The van der Waals surface area contributed by atoms with Crippen molar-refractivity contribution in [3.05, 3.63) is 12.7 Å². The molecule has 0 amide bonds. The Balaban J connectivity index is 1.78. The van der Waals surface area contributed by atoms with E-state index in [9.17, 15) is 13.5 Å². The lowest BCUT2D eigenvalue weighted by molar-refractivity contribution is 0.0957. The molecule has 2 saturated heterocycles. The predicted molar refractivity (Wildman–Crippen MR) is 84.6 cm³/mol. The summed E-state index contributed by atoms with van der Waals surface area (Å²) in [6.07, 6.45) is 6.39. The molecule has 6 heteroatoms. The highest BCUT2D eigenvalue weighted by Crippen LogP contribution is 2.24. The fourth-order valence-corrected chi connectivity index (χ4v) is 5.24. The quantitative estimate of drug-likeness (QED) is 0.717. The number of rotatable bonds is 7. The van der Waals surface area contributed by atoms with Gasteiger partial charge in [0.05, 0.1) is 11.4 Å². The Labute approximate surface area is 128 Å². The first-order valence-corrected chi connectivity index (χ1v) is 9.54. The lowest BCUT2D eigenvalue weighted by atomic mass is 10.1. The van der Waals surface area contributed by atoms with Crippen LogP contribution in [0.25, 0.3) is 0 Å². The Bertz CT molecular complexity index is 424. The Kier molecular flexibility index (Phi) is 6.22. The van der Waals surface area contributed by atoms with Gasteiger partial charge >= 0.3 is 0 Å². The van der Waals surface area contributed by atoms with E-state index in [1.165, 1.54) is 0 Å². The molecule has 0 aliphatic carbocycles. The third-order valence-corrected chi connectivity index (χ3v) is 6.95. The van der Waals surface area contributed by atoms with E-state index in [0.29, 0.717) is 32.5 Å². The summed E-state index contributed by atoms with van der Waals surface area (Å²) in [7, 11) is -3.10. The third kappa shape index (κ3) is 4.52. The summed E-state index contributed by atoms with van der Waals surface area (Å²) < 4.78 is 26.7. The van der Waals surface area contributed by atoms with Crippen LogP contribution in [0.4, 0.5) is 0 Å². The maximum absolute atomic E-state index is 12.5. The van der Waals surface area contributed by atoms with Crippen molar-refractivity contribution < 1.29 is 13.5 Å². The van der Waals surface area contributed by atoms with Crippen LogP contribution in [0.3, 0.4) is 0 Å². The van der Waals surface area contributed by atoms with E-state index in [1.807, 2.05) is 6.08 Å². The molecule has 2 rings (SSSR count). The molecule has 2 aliphatic heterocycles. The molecular formula is C15H28N2O3S. The van der Waals surface area contributed by atoms with Crippen molar-refractivity contribution in [2.24, 2.45) is 0 Å². The molecule has 2 fully saturated rings. The van der Waals surface area contributed by atoms with Gasteiger partial charge in [0, 0.05) is 19.6 Å². The summed E-state index contributed by atoms with van der Waals surface area (Å²) in [5, 5.41) is 9.69. The van der Waals surface area contributed by atoms with E-state index in [4.69, 9.17) is 0 Å². The Morgan fingerprint density at radius 1 is 1.19 bits per heavy atom. The molecule has 122 valence electrons. The number of nitrogens with zero attached hydrogens (tertiary/aromatic N) is 2. The van der Waals surface area contributed by atoms with Crippen molar-refractivity contribution >= 4 is 10.0 Å².